The lowest BCUT2D eigenvalue weighted by Crippen LogP contribution is -2.46. The summed E-state index contributed by atoms with van der Waals surface area (Å²) in [7, 11) is 0. The van der Waals surface area contributed by atoms with Crippen molar-refractivity contribution in [1.82, 2.24) is 5.32 Å². The minimum absolute atomic E-state index is 0.0404. The van der Waals surface area contributed by atoms with Crippen molar-refractivity contribution in [1.29, 1.82) is 0 Å². The van der Waals surface area contributed by atoms with Crippen LogP contribution in [0, 0.1) is 0 Å². The second-order valence-electron chi connectivity index (χ2n) is 6.08. The molecule has 23 heavy (non-hydrogen) atoms. The van der Waals surface area contributed by atoms with Gasteiger partial charge in [-0.3, -0.25) is 9.59 Å². The highest BCUT2D eigenvalue weighted by Crippen LogP contribution is 2.28. The molecule has 2 atom stereocenters. The van der Waals surface area contributed by atoms with Crippen molar-refractivity contribution in [3.8, 4) is 0 Å². The van der Waals surface area contributed by atoms with Gasteiger partial charge in [0, 0.05) is 13.2 Å². The van der Waals surface area contributed by atoms with Crippen molar-refractivity contribution in [3.63, 3.8) is 0 Å². The summed E-state index contributed by atoms with van der Waals surface area (Å²) < 4.78 is 5.56. The fourth-order valence-electron chi connectivity index (χ4n) is 3.04. The molecule has 0 aromatic heterocycles. The monoisotopic (exact) mass is 319 g/mol. The molecule has 1 heterocycles. The van der Waals surface area contributed by atoms with Crippen LogP contribution < -0.4 is 5.32 Å². The van der Waals surface area contributed by atoms with Crippen LogP contribution in [0.15, 0.2) is 30.3 Å². The van der Waals surface area contributed by atoms with E-state index >= 15 is 0 Å². The summed E-state index contributed by atoms with van der Waals surface area (Å²) in [5, 5.41) is 12.5. The zero-order valence-corrected chi connectivity index (χ0v) is 13.6. The Hall–Kier alpha value is -1.88. The maximum absolute atomic E-state index is 12.1. The third-order valence-corrected chi connectivity index (χ3v) is 4.61. The summed E-state index contributed by atoms with van der Waals surface area (Å²) in [5.41, 5.74) is -0.381. The van der Waals surface area contributed by atoms with Crippen LogP contribution in [0.4, 0.5) is 0 Å². The number of benzene rings is 1. The van der Waals surface area contributed by atoms with Gasteiger partial charge >= 0.3 is 5.97 Å². The highest BCUT2D eigenvalue weighted by molar-refractivity contribution is 5.83. The first-order valence-electron chi connectivity index (χ1n) is 8.25. The predicted molar refractivity (Wildman–Crippen MR) is 87.3 cm³/mol. The number of amides is 1. The lowest BCUT2D eigenvalue weighted by atomic mass is 9.78. The first-order chi connectivity index (χ1) is 11.1. The molecule has 0 spiro atoms. The fraction of sp³-hybridized carbons (Fsp3) is 0.556. The molecule has 1 saturated heterocycles. The van der Waals surface area contributed by atoms with E-state index in [0.717, 1.165) is 19.3 Å². The Morgan fingerprint density at radius 3 is 2.61 bits per heavy atom. The number of ether oxygens (including phenoxy) is 1. The molecule has 0 aliphatic carbocycles. The average Bonchev–Trinajstić information content (AvgIpc) is 2.57. The van der Waals surface area contributed by atoms with Crippen LogP contribution in [-0.4, -0.2) is 36.2 Å². The van der Waals surface area contributed by atoms with Gasteiger partial charge in [-0.05, 0) is 31.2 Å². The Kier molecular flexibility index (Phi) is 6.16. The molecule has 126 valence electrons. The summed E-state index contributed by atoms with van der Waals surface area (Å²) in [6, 6.07) is 9.09. The van der Waals surface area contributed by atoms with Gasteiger partial charge in [-0.25, -0.2) is 0 Å². The Balaban J connectivity index is 2.01. The number of hydrogen-bond donors (Lipinski definition) is 2. The van der Waals surface area contributed by atoms with Crippen LogP contribution in [0.3, 0.4) is 0 Å². The van der Waals surface area contributed by atoms with Gasteiger partial charge in [-0.2, -0.15) is 0 Å². The van der Waals surface area contributed by atoms with Crippen LogP contribution in [-0.2, 0) is 19.7 Å². The maximum Gasteiger partial charge on any atom is 0.315 e. The number of rotatable bonds is 7. The van der Waals surface area contributed by atoms with Gasteiger partial charge in [-0.15, -0.1) is 0 Å². The average molecular weight is 319 g/mol. The molecule has 2 rings (SSSR count). The molecule has 0 saturated carbocycles. The molecular formula is C18H25NO4. The molecule has 1 aliphatic rings. The van der Waals surface area contributed by atoms with E-state index in [9.17, 15) is 14.7 Å². The van der Waals surface area contributed by atoms with Gasteiger partial charge in [0.25, 0.3) is 0 Å². The van der Waals surface area contributed by atoms with Crippen molar-refractivity contribution in [2.75, 3.05) is 13.2 Å². The molecular weight excluding hydrogens is 294 g/mol. The molecule has 1 fully saturated rings. The maximum atomic E-state index is 12.1. The Labute approximate surface area is 137 Å². The molecule has 5 nitrogen and oxygen atoms in total. The SMILES string of the molecule is CCC(CNC(=O)CC1CCCCO1)(C(=O)O)c1ccccc1. The first kappa shape index (κ1) is 17.5. The molecule has 1 aromatic rings. The molecule has 1 aromatic carbocycles. The van der Waals surface area contributed by atoms with Gasteiger partial charge in [0.2, 0.25) is 5.91 Å². The Morgan fingerprint density at radius 2 is 2.04 bits per heavy atom. The van der Waals surface area contributed by atoms with Crippen LogP contribution in [0.25, 0.3) is 0 Å². The summed E-state index contributed by atoms with van der Waals surface area (Å²) >= 11 is 0. The predicted octanol–water partition coefficient (Wildman–Crippen LogP) is 2.49. The molecule has 0 bridgehead atoms. The van der Waals surface area contributed by atoms with Crippen molar-refractivity contribution >= 4 is 11.9 Å². The topological polar surface area (TPSA) is 75.6 Å². The minimum Gasteiger partial charge on any atom is -0.481 e. The van der Waals surface area contributed by atoms with Gasteiger partial charge in [0.1, 0.15) is 5.41 Å². The number of carbonyl (C=O) groups excluding carboxylic acids is 1. The second-order valence-corrected chi connectivity index (χ2v) is 6.08. The Bertz CT molecular complexity index is 525. The van der Waals surface area contributed by atoms with E-state index in [4.69, 9.17) is 4.74 Å². The third-order valence-electron chi connectivity index (χ3n) is 4.61. The van der Waals surface area contributed by atoms with E-state index in [1.54, 1.807) is 12.1 Å². The Morgan fingerprint density at radius 1 is 1.30 bits per heavy atom. The van der Waals surface area contributed by atoms with Crippen molar-refractivity contribution < 1.29 is 19.4 Å². The molecule has 5 heteroatoms. The smallest absolute Gasteiger partial charge is 0.315 e. The number of aliphatic carboxylic acids is 1. The van der Waals surface area contributed by atoms with Crippen molar-refractivity contribution in [3.05, 3.63) is 35.9 Å². The summed E-state index contributed by atoms with van der Waals surface area (Å²) in [5.74, 6) is -1.06. The minimum atomic E-state index is -1.09. The van der Waals surface area contributed by atoms with Crippen LogP contribution in [0.2, 0.25) is 0 Å². The second kappa shape index (κ2) is 8.11. The number of carboxylic acids is 1. The normalized spacial score (nSPS) is 20.5. The van der Waals surface area contributed by atoms with Crippen LogP contribution in [0.5, 0.6) is 0 Å². The van der Waals surface area contributed by atoms with Crippen LogP contribution in [0.1, 0.15) is 44.6 Å². The van der Waals surface area contributed by atoms with Crippen LogP contribution >= 0.6 is 0 Å². The number of nitrogens with one attached hydrogen (secondary N) is 1. The van der Waals surface area contributed by atoms with Gasteiger partial charge in [0.15, 0.2) is 0 Å². The molecule has 1 aliphatic heterocycles. The zero-order chi connectivity index (χ0) is 16.7. The van der Waals surface area contributed by atoms with Gasteiger partial charge in [-0.1, -0.05) is 37.3 Å². The highest BCUT2D eigenvalue weighted by Gasteiger charge is 2.39. The molecule has 2 N–H and O–H groups in total. The van der Waals surface area contributed by atoms with Gasteiger partial charge in [0.05, 0.1) is 12.5 Å². The summed E-state index contributed by atoms with van der Waals surface area (Å²) in [4.78, 5) is 24.0. The third kappa shape index (κ3) is 4.32. The quantitative estimate of drug-likeness (QED) is 0.809. The van der Waals surface area contributed by atoms with E-state index in [0.29, 0.717) is 25.0 Å². The van der Waals surface area contributed by atoms with E-state index in [1.807, 2.05) is 25.1 Å². The van der Waals surface area contributed by atoms with Crippen molar-refractivity contribution in [2.24, 2.45) is 0 Å². The number of carbonyl (C=O) groups is 2. The summed E-state index contributed by atoms with van der Waals surface area (Å²) in [6.07, 6.45) is 3.69. The zero-order valence-electron chi connectivity index (χ0n) is 13.6. The lowest BCUT2D eigenvalue weighted by molar-refractivity contribution is -0.144. The van der Waals surface area contributed by atoms with E-state index in [1.165, 1.54) is 0 Å². The van der Waals surface area contributed by atoms with E-state index in [-0.39, 0.29) is 18.6 Å². The van der Waals surface area contributed by atoms with E-state index in [2.05, 4.69) is 5.32 Å². The fourth-order valence-corrected chi connectivity index (χ4v) is 3.04. The largest absolute Gasteiger partial charge is 0.481 e. The molecule has 0 radical (unpaired) electrons. The highest BCUT2D eigenvalue weighted by atomic mass is 16.5. The lowest BCUT2D eigenvalue weighted by Gasteiger charge is -2.29. The van der Waals surface area contributed by atoms with Crippen molar-refractivity contribution in [2.45, 2.75) is 50.5 Å². The number of hydrogen-bond acceptors (Lipinski definition) is 3. The van der Waals surface area contributed by atoms with E-state index < -0.39 is 11.4 Å². The molecule has 1 amide bonds. The standard InChI is InChI=1S/C18H25NO4/c1-2-18(17(21)22,14-8-4-3-5-9-14)13-19-16(20)12-15-10-6-7-11-23-15/h3-5,8-9,15H,2,6-7,10-13H2,1H3,(H,19,20)(H,21,22). The first-order valence-corrected chi connectivity index (χ1v) is 8.25. The molecule has 2 unspecified atom stereocenters. The summed E-state index contributed by atoms with van der Waals surface area (Å²) in [6.45, 7) is 2.63. The van der Waals surface area contributed by atoms with Gasteiger partial charge < -0.3 is 15.2 Å². The number of carboxylic acid groups (broad SMARTS) is 1.